The summed E-state index contributed by atoms with van der Waals surface area (Å²) in [6.07, 6.45) is 3.57. The summed E-state index contributed by atoms with van der Waals surface area (Å²) in [5, 5.41) is 8.43. The summed E-state index contributed by atoms with van der Waals surface area (Å²) in [4.78, 5) is 10.9. The third-order valence-electron chi connectivity index (χ3n) is 1.46. The van der Waals surface area contributed by atoms with Gasteiger partial charge in [-0.3, -0.25) is 4.79 Å². The van der Waals surface area contributed by atoms with E-state index >= 15 is 0 Å². The molecule has 13 heavy (non-hydrogen) atoms. The fourth-order valence-electron chi connectivity index (χ4n) is 0.725. The number of aliphatic hydroxyl groups is 1. The van der Waals surface area contributed by atoms with Gasteiger partial charge in [-0.2, -0.15) is 11.8 Å². The first-order valence-corrected chi connectivity index (χ1v) is 5.29. The number of hydrogen-bond acceptors (Lipinski definition) is 4. The van der Waals surface area contributed by atoms with Gasteiger partial charge in [-0.1, -0.05) is 19.1 Å². The second kappa shape index (κ2) is 8.13. The van der Waals surface area contributed by atoms with Crippen molar-refractivity contribution < 1.29 is 14.6 Å². The Kier molecular flexibility index (Phi) is 7.83. The van der Waals surface area contributed by atoms with Crippen molar-refractivity contribution in [3.63, 3.8) is 0 Å². The van der Waals surface area contributed by atoms with E-state index in [1.54, 1.807) is 17.8 Å². The summed E-state index contributed by atoms with van der Waals surface area (Å²) in [6, 6.07) is 0. The van der Waals surface area contributed by atoms with E-state index in [0.29, 0.717) is 0 Å². The zero-order valence-electron chi connectivity index (χ0n) is 8.03. The summed E-state index contributed by atoms with van der Waals surface area (Å²) < 4.78 is 4.58. The molecule has 0 amide bonds. The SMILES string of the molecule is COC(=O)[C@@H](C)CSCC=CCO. The molecule has 0 aromatic carbocycles. The number of thioether (sulfide) groups is 1. The highest BCUT2D eigenvalue weighted by molar-refractivity contribution is 7.99. The van der Waals surface area contributed by atoms with Crippen LogP contribution >= 0.6 is 11.8 Å². The van der Waals surface area contributed by atoms with Crippen LogP contribution < -0.4 is 0 Å². The monoisotopic (exact) mass is 204 g/mol. The molecule has 0 unspecified atom stereocenters. The lowest BCUT2D eigenvalue weighted by Crippen LogP contribution is -2.14. The van der Waals surface area contributed by atoms with E-state index in [1.807, 2.05) is 13.0 Å². The van der Waals surface area contributed by atoms with Crippen molar-refractivity contribution >= 4 is 17.7 Å². The second-order valence-corrected chi connectivity index (χ2v) is 3.69. The van der Waals surface area contributed by atoms with Gasteiger partial charge < -0.3 is 9.84 Å². The molecule has 0 fully saturated rings. The minimum absolute atomic E-state index is 0.0578. The van der Waals surface area contributed by atoms with E-state index in [-0.39, 0.29) is 18.5 Å². The van der Waals surface area contributed by atoms with E-state index in [4.69, 9.17) is 5.11 Å². The van der Waals surface area contributed by atoms with Gasteiger partial charge in [0.25, 0.3) is 0 Å². The molecule has 4 heteroatoms. The summed E-state index contributed by atoms with van der Waals surface area (Å²) in [6.45, 7) is 1.92. The standard InChI is InChI=1S/C9H16O3S/c1-8(9(11)12-2)7-13-6-4-3-5-10/h3-4,8,10H,5-7H2,1-2H3/t8-/m0/s1. The normalized spacial score (nSPS) is 13.2. The smallest absolute Gasteiger partial charge is 0.309 e. The van der Waals surface area contributed by atoms with Crippen molar-refractivity contribution in [1.82, 2.24) is 0 Å². The van der Waals surface area contributed by atoms with Gasteiger partial charge in [0.15, 0.2) is 0 Å². The molecule has 0 radical (unpaired) electrons. The maximum absolute atomic E-state index is 10.9. The van der Waals surface area contributed by atoms with Crippen LogP contribution in [0.3, 0.4) is 0 Å². The van der Waals surface area contributed by atoms with E-state index in [9.17, 15) is 4.79 Å². The molecular formula is C9H16O3S. The topological polar surface area (TPSA) is 46.5 Å². The molecule has 0 rings (SSSR count). The quantitative estimate of drug-likeness (QED) is 0.399. The van der Waals surface area contributed by atoms with Crippen molar-refractivity contribution in [3.8, 4) is 0 Å². The number of hydrogen-bond donors (Lipinski definition) is 1. The number of carbonyl (C=O) groups is 1. The molecule has 0 saturated carbocycles. The maximum Gasteiger partial charge on any atom is 0.309 e. The van der Waals surface area contributed by atoms with Crippen molar-refractivity contribution in [1.29, 1.82) is 0 Å². The minimum Gasteiger partial charge on any atom is -0.469 e. The minimum atomic E-state index is -0.168. The van der Waals surface area contributed by atoms with Crippen LogP contribution in [0.5, 0.6) is 0 Å². The van der Waals surface area contributed by atoms with Gasteiger partial charge in [0.1, 0.15) is 0 Å². The van der Waals surface area contributed by atoms with E-state index in [1.165, 1.54) is 7.11 Å². The molecule has 76 valence electrons. The summed E-state index contributed by atoms with van der Waals surface area (Å²) in [7, 11) is 1.40. The Balaban J connectivity index is 3.42. The summed E-state index contributed by atoms with van der Waals surface area (Å²) >= 11 is 1.65. The zero-order chi connectivity index (χ0) is 10.1. The van der Waals surface area contributed by atoms with Gasteiger partial charge in [0.2, 0.25) is 0 Å². The Bertz CT molecular complexity index is 168. The van der Waals surface area contributed by atoms with Gasteiger partial charge in [0, 0.05) is 11.5 Å². The number of ether oxygens (including phenoxy) is 1. The summed E-state index contributed by atoms with van der Waals surface area (Å²) in [5.41, 5.74) is 0. The van der Waals surface area contributed by atoms with Crippen LogP contribution in [0.4, 0.5) is 0 Å². The highest BCUT2D eigenvalue weighted by Gasteiger charge is 2.11. The van der Waals surface area contributed by atoms with Crippen LogP contribution in [0.15, 0.2) is 12.2 Å². The molecule has 0 aliphatic heterocycles. The fourth-order valence-corrected chi connectivity index (χ4v) is 1.62. The van der Waals surface area contributed by atoms with Crippen molar-refractivity contribution in [3.05, 3.63) is 12.2 Å². The number of carbonyl (C=O) groups excluding carboxylic acids is 1. The largest absolute Gasteiger partial charge is 0.469 e. The fraction of sp³-hybridized carbons (Fsp3) is 0.667. The number of rotatable bonds is 6. The molecule has 0 saturated heterocycles. The molecule has 0 heterocycles. The predicted molar refractivity (Wildman–Crippen MR) is 54.7 cm³/mol. The van der Waals surface area contributed by atoms with E-state index in [0.717, 1.165) is 11.5 Å². The first kappa shape index (κ1) is 12.5. The molecule has 0 aromatic rings. The van der Waals surface area contributed by atoms with Crippen molar-refractivity contribution in [2.75, 3.05) is 25.2 Å². The Morgan fingerprint density at radius 3 is 2.85 bits per heavy atom. The van der Waals surface area contributed by atoms with Crippen LogP contribution in [0.25, 0.3) is 0 Å². The number of aliphatic hydroxyl groups excluding tert-OH is 1. The van der Waals surface area contributed by atoms with Crippen LogP contribution in [0.1, 0.15) is 6.92 Å². The Hall–Kier alpha value is -0.480. The molecule has 1 N–H and O–H groups in total. The highest BCUT2D eigenvalue weighted by atomic mass is 32.2. The number of methoxy groups -OCH3 is 1. The lowest BCUT2D eigenvalue weighted by Gasteiger charge is -2.06. The molecular weight excluding hydrogens is 188 g/mol. The second-order valence-electron chi connectivity index (χ2n) is 2.62. The third-order valence-corrected chi connectivity index (χ3v) is 2.62. The molecule has 0 aromatic heterocycles. The summed E-state index contributed by atoms with van der Waals surface area (Å²) in [5.74, 6) is 1.35. The molecule has 0 aliphatic carbocycles. The van der Waals surface area contributed by atoms with Gasteiger partial charge in [0.05, 0.1) is 19.6 Å². The van der Waals surface area contributed by atoms with Gasteiger partial charge in [-0.05, 0) is 0 Å². The number of esters is 1. The maximum atomic E-state index is 10.9. The Morgan fingerprint density at radius 2 is 2.31 bits per heavy atom. The van der Waals surface area contributed by atoms with Crippen LogP contribution in [0.2, 0.25) is 0 Å². The first-order chi connectivity index (χ1) is 6.22. The van der Waals surface area contributed by atoms with E-state index < -0.39 is 0 Å². The molecule has 0 spiro atoms. The van der Waals surface area contributed by atoms with Crippen molar-refractivity contribution in [2.45, 2.75) is 6.92 Å². The Morgan fingerprint density at radius 1 is 1.62 bits per heavy atom. The lowest BCUT2D eigenvalue weighted by atomic mass is 10.2. The van der Waals surface area contributed by atoms with Gasteiger partial charge in [-0.25, -0.2) is 0 Å². The predicted octanol–water partition coefficient (Wildman–Crippen LogP) is 1.08. The molecule has 1 atom stereocenters. The van der Waals surface area contributed by atoms with Crippen LogP contribution in [-0.2, 0) is 9.53 Å². The third kappa shape index (κ3) is 6.66. The average molecular weight is 204 g/mol. The zero-order valence-corrected chi connectivity index (χ0v) is 8.84. The first-order valence-electron chi connectivity index (χ1n) is 4.13. The van der Waals surface area contributed by atoms with Gasteiger partial charge in [-0.15, -0.1) is 0 Å². The van der Waals surface area contributed by atoms with E-state index in [2.05, 4.69) is 4.74 Å². The van der Waals surface area contributed by atoms with Gasteiger partial charge >= 0.3 is 5.97 Å². The van der Waals surface area contributed by atoms with Crippen LogP contribution in [-0.4, -0.2) is 36.3 Å². The molecule has 0 bridgehead atoms. The highest BCUT2D eigenvalue weighted by Crippen LogP contribution is 2.09. The van der Waals surface area contributed by atoms with Crippen molar-refractivity contribution in [2.24, 2.45) is 5.92 Å². The van der Waals surface area contributed by atoms with Crippen LogP contribution in [0, 0.1) is 5.92 Å². The Labute approximate surface area is 83.2 Å². The molecule has 0 aliphatic rings. The average Bonchev–Trinajstić information content (AvgIpc) is 2.16. The lowest BCUT2D eigenvalue weighted by molar-refractivity contribution is -0.143. The molecule has 3 nitrogen and oxygen atoms in total.